The zero-order valence-electron chi connectivity index (χ0n) is 13.5. The molecule has 2 aromatic rings. The third-order valence-electron chi connectivity index (χ3n) is 3.91. The van der Waals surface area contributed by atoms with Crippen LogP contribution in [0, 0.1) is 13.0 Å². The Morgan fingerprint density at radius 1 is 1.08 bits per heavy atom. The number of hydrogen-bond acceptors (Lipinski definition) is 3. The Morgan fingerprint density at radius 3 is 2.50 bits per heavy atom. The molecule has 123 valence electrons. The molecule has 2 amide bonds. The summed E-state index contributed by atoms with van der Waals surface area (Å²) in [5, 5.41) is 2.81. The van der Waals surface area contributed by atoms with E-state index in [0.717, 1.165) is 5.56 Å². The van der Waals surface area contributed by atoms with Gasteiger partial charge in [-0.05, 0) is 43.3 Å². The van der Waals surface area contributed by atoms with Crippen LogP contribution in [0.25, 0.3) is 0 Å². The molecule has 0 aliphatic carbocycles. The summed E-state index contributed by atoms with van der Waals surface area (Å²) < 4.78 is 5.26. The highest BCUT2D eigenvalue weighted by molar-refractivity contribution is 6.05. The minimum absolute atomic E-state index is 0.0685. The molecule has 2 aromatic carbocycles. The van der Waals surface area contributed by atoms with Crippen LogP contribution in [-0.2, 0) is 4.74 Å². The van der Waals surface area contributed by atoms with Gasteiger partial charge in [-0.2, -0.15) is 0 Å². The molecule has 1 fully saturated rings. The molecule has 5 heteroatoms. The number of rotatable bonds is 3. The van der Waals surface area contributed by atoms with Crippen molar-refractivity contribution in [3.63, 3.8) is 0 Å². The molecule has 5 nitrogen and oxygen atoms in total. The highest BCUT2D eigenvalue weighted by atomic mass is 16.5. The molecule has 3 rings (SSSR count). The predicted molar refractivity (Wildman–Crippen MR) is 91.1 cm³/mol. The van der Waals surface area contributed by atoms with E-state index in [1.165, 1.54) is 0 Å². The number of nitrogens with one attached hydrogen (secondary N) is 1. The number of aryl methyl sites for hydroxylation is 1. The van der Waals surface area contributed by atoms with Gasteiger partial charge in [-0.1, -0.05) is 17.7 Å². The fraction of sp³-hybridized carbons (Fsp3) is 0.263. The van der Waals surface area contributed by atoms with E-state index in [-0.39, 0.29) is 11.8 Å². The maximum atomic E-state index is 12.5. The number of hydrogen-bond donors (Lipinski definition) is 1. The molecule has 0 spiro atoms. The molecule has 1 saturated heterocycles. The Morgan fingerprint density at radius 2 is 1.79 bits per heavy atom. The molecule has 0 unspecified atom stereocenters. The maximum Gasteiger partial charge on any atom is 0.255 e. The molecule has 1 heterocycles. The van der Waals surface area contributed by atoms with Gasteiger partial charge in [0.15, 0.2) is 0 Å². The normalized spacial score (nSPS) is 14.3. The molecule has 1 aliphatic heterocycles. The van der Waals surface area contributed by atoms with Crippen molar-refractivity contribution in [2.45, 2.75) is 6.92 Å². The van der Waals surface area contributed by atoms with E-state index in [2.05, 4.69) is 11.4 Å². The monoisotopic (exact) mass is 323 g/mol. The quantitative estimate of drug-likeness (QED) is 0.944. The number of benzene rings is 2. The molecule has 24 heavy (non-hydrogen) atoms. The van der Waals surface area contributed by atoms with Crippen molar-refractivity contribution in [1.82, 2.24) is 4.90 Å². The van der Waals surface area contributed by atoms with Crippen molar-refractivity contribution in [1.29, 1.82) is 0 Å². The Balaban J connectivity index is 1.71. The molecule has 1 N–H and O–H groups in total. The average Bonchev–Trinajstić information content (AvgIpc) is 2.62. The number of nitrogens with zero attached hydrogens (tertiary/aromatic N) is 1. The van der Waals surface area contributed by atoms with Gasteiger partial charge in [-0.3, -0.25) is 9.59 Å². The molecule has 0 aromatic heterocycles. The van der Waals surface area contributed by atoms with E-state index >= 15 is 0 Å². The zero-order chi connectivity index (χ0) is 16.9. The fourth-order valence-corrected chi connectivity index (χ4v) is 2.52. The van der Waals surface area contributed by atoms with Gasteiger partial charge in [0.25, 0.3) is 11.8 Å². The van der Waals surface area contributed by atoms with Gasteiger partial charge in [0.1, 0.15) is 0 Å². The van der Waals surface area contributed by atoms with Crippen molar-refractivity contribution in [2.75, 3.05) is 31.6 Å². The first-order valence-corrected chi connectivity index (χ1v) is 7.90. The van der Waals surface area contributed by atoms with Crippen molar-refractivity contribution in [3.8, 4) is 0 Å². The summed E-state index contributed by atoms with van der Waals surface area (Å²) in [5.41, 5.74) is 2.74. The first kappa shape index (κ1) is 16.2. The first-order chi connectivity index (χ1) is 11.6. The molecule has 1 radical (unpaired) electrons. The van der Waals surface area contributed by atoms with E-state index in [1.54, 1.807) is 35.2 Å². The third-order valence-corrected chi connectivity index (χ3v) is 3.91. The minimum atomic E-state index is -0.209. The number of morpholine rings is 1. The van der Waals surface area contributed by atoms with Crippen molar-refractivity contribution in [3.05, 3.63) is 65.2 Å². The summed E-state index contributed by atoms with van der Waals surface area (Å²) in [6.07, 6.45) is 0. The Hall–Kier alpha value is -2.66. The number of carbonyl (C=O) groups is 2. The fourth-order valence-electron chi connectivity index (χ4n) is 2.52. The summed E-state index contributed by atoms with van der Waals surface area (Å²) >= 11 is 0. The molecule has 0 bridgehead atoms. The lowest BCUT2D eigenvalue weighted by atomic mass is 10.1. The Labute approximate surface area is 141 Å². The van der Waals surface area contributed by atoms with Crippen LogP contribution in [0.5, 0.6) is 0 Å². The molecule has 1 aliphatic rings. The average molecular weight is 323 g/mol. The van der Waals surface area contributed by atoms with Crippen molar-refractivity contribution < 1.29 is 14.3 Å². The lowest BCUT2D eigenvalue weighted by molar-refractivity contribution is 0.0303. The van der Waals surface area contributed by atoms with E-state index in [1.807, 2.05) is 19.1 Å². The van der Waals surface area contributed by atoms with Gasteiger partial charge >= 0.3 is 0 Å². The van der Waals surface area contributed by atoms with Gasteiger partial charge in [0.05, 0.1) is 13.2 Å². The van der Waals surface area contributed by atoms with E-state index < -0.39 is 0 Å². The molecule has 0 atom stereocenters. The lowest BCUT2D eigenvalue weighted by Gasteiger charge is -2.27. The number of ether oxygens (including phenoxy) is 1. The Bertz CT molecular complexity index is 735. The van der Waals surface area contributed by atoms with Crippen molar-refractivity contribution in [2.24, 2.45) is 0 Å². The third kappa shape index (κ3) is 3.81. The second-order valence-corrected chi connectivity index (χ2v) is 5.74. The smallest absolute Gasteiger partial charge is 0.255 e. The second-order valence-electron chi connectivity index (χ2n) is 5.74. The maximum absolute atomic E-state index is 12.5. The molecular formula is C19H19N2O3. The SMILES string of the molecule is Cc1ccc(C(=O)Nc2c[c]cc(C(=O)N3CCOCC3)c2)cc1. The number of amides is 2. The second kappa shape index (κ2) is 7.27. The van der Waals surface area contributed by atoms with Crippen LogP contribution < -0.4 is 5.32 Å². The van der Waals surface area contributed by atoms with Crippen LogP contribution in [0.15, 0.2) is 42.5 Å². The van der Waals surface area contributed by atoms with Crippen LogP contribution in [0.1, 0.15) is 26.3 Å². The van der Waals surface area contributed by atoms with Gasteiger partial charge in [-0.15, -0.1) is 0 Å². The lowest BCUT2D eigenvalue weighted by Crippen LogP contribution is -2.40. The highest BCUT2D eigenvalue weighted by Gasteiger charge is 2.19. The van der Waals surface area contributed by atoms with Gasteiger partial charge in [-0.25, -0.2) is 0 Å². The van der Waals surface area contributed by atoms with Crippen LogP contribution in [0.2, 0.25) is 0 Å². The van der Waals surface area contributed by atoms with Crippen LogP contribution in [0.3, 0.4) is 0 Å². The summed E-state index contributed by atoms with van der Waals surface area (Å²) in [7, 11) is 0. The zero-order valence-corrected chi connectivity index (χ0v) is 13.5. The van der Waals surface area contributed by atoms with Crippen molar-refractivity contribution >= 4 is 17.5 Å². The summed E-state index contributed by atoms with van der Waals surface area (Å²) in [6, 6.07) is 15.2. The first-order valence-electron chi connectivity index (χ1n) is 7.90. The van der Waals surface area contributed by atoms with Crippen LogP contribution in [-0.4, -0.2) is 43.0 Å². The van der Waals surface area contributed by atoms with Gasteiger partial charge < -0.3 is 15.0 Å². The van der Waals surface area contributed by atoms with Gasteiger partial charge in [0, 0.05) is 29.9 Å². The minimum Gasteiger partial charge on any atom is -0.378 e. The van der Waals surface area contributed by atoms with E-state index in [9.17, 15) is 9.59 Å². The predicted octanol–water partition coefficient (Wildman–Crippen LogP) is 2.52. The summed E-state index contributed by atoms with van der Waals surface area (Å²) in [4.78, 5) is 26.5. The Kier molecular flexibility index (Phi) is 4.91. The van der Waals surface area contributed by atoms with Gasteiger partial charge in [0.2, 0.25) is 0 Å². The summed E-state index contributed by atoms with van der Waals surface area (Å²) in [5.74, 6) is -0.277. The van der Waals surface area contributed by atoms with Crippen LogP contribution in [0.4, 0.5) is 5.69 Å². The highest BCUT2D eigenvalue weighted by Crippen LogP contribution is 2.15. The largest absolute Gasteiger partial charge is 0.378 e. The number of anilines is 1. The molecular weight excluding hydrogens is 304 g/mol. The summed E-state index contributed by atoms with van der Waals surface area (Å²) in [6.45, 7) is 4.24. The number of carbonyl (C=O) groups excluding carboxylic acids is 2. The van der Waals surface area contributed by atoms with E-state index in [0.29, 0.717) is 43.1 Å². The van der Waals surface area contributed by atoms with Crippen LogP contribution >= 0.6 is 0 Å². The standard InChI is InChI=1S/C19H19N2O3/c1-14-5-7-15(8-6-14)18(22)20-17-4-2-3-16(13-17)19(23)21-9-11-24-12-10-21/h3-8,13H,9-12H2,1H3,(H,20,22). The molecule has 0 saturated carbocycles. The van der Waals surface area contributed by atoms with E-state index in [4.69, 9.17) is 4.74 Å². The topological polar surface area (TPSA) is 58.6 Å².